The summed E-state index contributed by atoms with van der Waals surface area (Å²) in [6, 6.07) is 9.31. The largest absolute Gasteiger partial charge is 0.455 e. The van der Waals surface area contributed by atoms with Gasteiger partial charge in [-0.3, -0.25) is 4.79 Å². The van der Waals surface area contributed by atoms with Crippen LogP contribution < -0.4 is 0 Å². The Bertz CT molecular complexity index is 1160. The number of aliphatic hydroxyl groups excluding tert-OH is 3. The summed E-state index contributed by atoms with van der Waals surface area (Å²) in [5, 5.41) is 47.2. The molecule has 4 aliphatic carbocycles. The van der Waals surface area contributed by atoms with Gasteiger partial charge in [0.2, 0.25) is 0 Å². The van der Waals surface area contributed by atoms with Gasteiger partial charge in [0.05, 0.1) is 18.3 Å². The molecule has 4 fully saturated rings. The van der Waals surface area contributed by atoms with Crippen LogP contribution in [0.25, 0.3) is 6.08 Å². The highest BCUT2D eigenvalue weighted by atomic mass is 16.5. The maximum atomic E-state index is 13.3. The molecule has 9 atom stereocenters. The molecule has 4 aliphatic rings. The first-order valence-electron chi connectivity index (χ1n) is 12.7. The molecule has 0 unspecified atom stereocenters. The Labute approximate surface area is 211 Å². The van der Waals surface area contributed by atoms with Gasteiger partial charge in [-0.1, -0.05) is 64.6 Å². The number of carbonyl (C=O) groups excluding carboxylic acids is 2. The fraction of sp³-hybridized carbons (Fsp3) is 0.586. The number of aliphatic hydroxyl groups is 4. The second-order valence-electron chi connectivity index (χ2n) is 12.0. The summed E-state index contributed by atoms with van der Waals surface area (Å²) in [5.41, 5.74) is -5.82. The SMILES string of the molecule is C=C1[C@@H](OC(=O)/C=C/c2ccccc2)CC[C@@]2(C)[C@@H](O)[C@H](O)[C@@]34[C@H](C)C(=O)C[C@@](O)([C@@H](O)[C@@]132)C4(C)C. The van der Waals surface area contributed by atoms with Crippen molar-refractivity contribution in [2.75, 3.05) is 0 Å². The monoisotopic (exact) mass is 496 g/mol. The molecule has 0 heterocycles. The highest BCUT2D eigenvalue weighted by Gasteiger charge is 2.93. The number of carbonyl (C=O) groups is 2. The molecular weight excluding hydrogens is 460 g/mol. The van der Waals surface area contributed by atoms with E-state index in [9.17, 15) is 30.0 Å². The Morgan fingerprint density at radius 2 is 1.75 bits per heavy atom. The topological polar surface area (TPSA) is 124 Å². The van der Waals surface area contributed by atoms with Gasteiger partial charge in [-0.2, -0.15) is 0 Å². The summed E-state index contributed by atoms with van der Waals surface area (Å²) < 4.78 is 5.84. The second kappa shape index (κ2) is 7.60. The van der Waals surface area contributed by atoms with Crippen LogP contribution in [0.2, 0.25) is 0 Å². The van der Waals surface area contributed by atoms with E-state index in [1.165, 1.54) is 6.08 Å². The van der Waals surface area contributed by atoms with E-state index < -0.39 is 63.6 Å². The second-order valence-corrected chi connectivity index (χ2v) is 12.0. The number of fused-ring (bicyclic) bond motifs is 1. The van der Waals surface area contributed by atoms with Crippen LogP contribution in [0.15, 0.2) is 48.6 Å². The lowest BCUT2D eigenvalue weighted by Crippen LogP contribution is -2.64. The first-order valence-corrected chi connectivity index (χ1v) is 12.7. The molecule has 0 amide bonds. The van der Waals surface area contributed by atoms with Crippen LogP contribution in [-0.4, -0.2) is 62.2 Å². The van der Waals surface area contributed by atoms with Crippen LogP contribution >= 0.6 is 0 Å². The molecule has 2 bridgehead atoms. The third kappa shape index (κ3) is 2.48. The lowest BCUT2D eigenvalue weighted by molar-refractivity contribution is -0.203. The van der Waals surface area contributed by atoms with Gasteiger partial charge in [0, 0.05) is 40.1 Å². The maximum Gasteiger partial charge on any atom is 0.331 e. The van der Waals surface area contributed by atoms with Gasteiger partial charge in [0.15, 0.2) is 0 Å². The predicted octanol–water partition coefficient (Wildman–Crippen LogP) is 2.42. The smallest absolute Gasteiger partial charge is 0.331 e. The summed E-state index contributed by atoms with van der Waals surface area (Å²) in [6.07, 6.45) is -1.65. The van der Waals surface area contributed by atoms with Gasteiger partial charge in [0.1, 0.15) is 17.5 Å². The minimum absolute atomic E-state index is 0.262. The van der Waals surface area contributed by atoms with Crippen LogP contribution in [0.4, 0.5) is 0 Å². The summed E-state index contributed by atoms with van der Waals surface area (Å²) in [5.74, 6) is -1.64. The lowest BCUT2D eigenvalue weighted by Gasteiger charge is -2.60. The van der Waals surface area contributed by atoms with E-state index in [1.807, 2.05) is 30.3 Å². The van der Waals surface area contributed by atoms with Crippen molar-refractivity contribution in [2.45, 2.75) is 77.0 Å². The zero-order chi connectivity index (χ0) is 26.5. The van der Waals surface area contributed by atoms with E-state index in [1.54, 1.807) is 33.8 Å². The van der Waals surface area contributed by atoms with Crippen molar-refractivity contribution >= 4 is 17.8 Å². The number of hydrogen-bond donors (Lipinski definition) is 4. The molecule has 5 rings (SSSR count). The molecular formula is C29H36O7. The van der Waals surface area contributed by atoms with Crippen LogP contribution in [-0.2, 0) is 14.3 Å². The molecule has 2 spiro atoms. The molecule has 7 heteroatoms. The Morgan fingerprint density at radius 1 is 1.11 bits per heavy atom. The molecule has 0 radical (unpaired) electrons. The Morgan fingerprint density at radius 3 is 2.39 bits per heavy atom. The van der Waals surface area contributed by atoms with Gasteiger partial charge >= 0.3 is 5.97 Å². The Hall–Kier alpha value is -2.32. The van der Waals surface area contributed by atoms with Crippen molar-refractivity contribution in [3.63, 3.8) is 0 Å². The summed E-state index contributed by atoms with van der Waals surface area (Å²) in [7, 11) is 0. The van der Waals surface area contributed by atoms with Crippen molar-refractivity contribution in [2.24, 2.45) is 27.6 Å². The zero-order valence-electron chi connectivity index (χ0n) is 21.3. The molecule has 1 aromatic rings. The van der Waals surface area contributed by atoms with Crippen molar-refractivity contribution < 1.29 is 34.8 Å². The van der Waals surface area contributed by atoms with Crippen molar-refractivity contribution in [3.8, 4) is 0 Å². The number of esters is 1. The average molecular weight is 497 g/mol. The molecule has 7 nitrogen and oxygen atoms in total. The normalized spacial score (nSPS) is 47.1. The maximum absolute atomic E-state index is 13.3. The molecule has 0 saturated heterocycles. The highest BCUT2D eigenvalue weighted by molar-refractivity contribution is 5.88. The van der Waals surface area contributed by atoms with E-state index in [0.29, 0.717) is 18.4 Å². The summed E-state index contributed by atoms with van der Waals surface area (Å²) in [6.45, 7) is 11.3. The van der Waals surface area contributed by atoms with Crippen molar-refractivity contribution in [3.05, 3.63) is 54.1 Å². The van der Waals surface area contributed by atoms with Crippen LogP contribution in [0, 0.1) is 27.6 Å². The quantitative estimate of drug-likeness (QED) is 0.288. The number of Topliss-reactive ketones (excluding diaryl/α,β-unsaturated/α-hetero) is 1. The minimum atomic E-state index is -1.85. The number of ketones is 1. The van der Waals surface area contributed by atoms with E-state index >= 15 is 0 Å². The van der Waals surface area contributed by atoms with Gasteiger partial charge in [-0.25, -0.2) is 4.79 Å². The Balaban J connectivity index is 1.61. The summed E-state index contributed by atoms with van der Waals surface area (Å²) in [4.78, 5) is 26.1. The van der Waals surface area contributed by atoms with Crippen LogP contribution in [0.3, 0.4) is 0 Å². The van der Waals surface area contributed by atoms with Gasteiger partial charge in [-0.05, 0) is 30.1 Å². The van der Waals surface area contributed by atoms with Gasteiger partial charge in [0.25, 0.3) is 0 Å². The number of rotatable bonds is 3. The molecule has 4 N–H and O–H groups in total. The molecule has 36 heavy (non-hydrogen) atoms. The lowest BCUT2D eigenvalue weighted by atomic mass is 9.42. The third-order valence-corrected chi connectivity index (χ3v) is 10.9. The molecule has 0 aromatic heterocycles. The standard InChI is InChI=1S/C29H36O7/c1-16-19(30)15-27(35)24(34)29-17(2)20(36-21(31)12-11-18-9-7-6-8-10-18)13-14-26(29,5)22(32)23(33)28(16,29)25(27,3)4/h6-12,16,20,22-24,32-35H,2,13-15H2,1,3-5H3/b12-11+/t16-,20+,22+,23+,24-,26+,27-,28-,29-/m1/s1. The minimum Gasteiger partial charge on any atom is -0.455 e. The Kier molecular flexibility index (Phi) is 5.35. The van der Waals surface area contributed by atoms with E-state index in [2.05, 4.69) is 6.58 Å². The van der Waals surface area contributed by atoms with Crippen LogP contribution in [0.5, 0.6) is 0 Å². The zero-order valence-corrected chi connectivity index (χ0v) is 21.3. The first kappa shape index (κ1) is 25.3. The highest BCUT2D eigenvalue weighted by Crippen LogP contribution is 2.86. The predicted molar refractivity (Wildman–Crippen MR) is 132 cm³/mol. The van der Waals surface area contributed by atoms with E-state index in [4.69, 9.17) is 4.74 Å². The van der Waals surface area contributed by atoms with Crippen molar-refractivity contribution in [1.29, 1.82) is 0 Å². The first-order chi connectivity index (χ1) is 16.7. The fourth-order valence-corrected chi connectivity index (χ4v) is 9.18. The summed E-state index contributed by atoms with van der Waals surface area (Å²) >= 11 is 0. The average Bonchev–Trinajstić information content (AvgIpc) is 3.04. The molecule has 4 saturated carbocycles. The fourth-order valence-electron chi connectivity index (χ4n) is 9.18. The molecule has 0 aliphatic heterocycles. The number of ether oxygens (including phenoxy) is 1. The van der Waals surface area contributed by atoms with Gasteiger partial charge < -0.3 is 25.2 Å². The number of benzene rings is 1. The third-order valence-electron chi connectivity index (χ3n) is 10.9. The van der Waals surface area contributed by atoms with Crippen LogP contribution in [0.1, 0.15) is 52.5 Å². The van der Waals surface area contributed by atoms with Gasteiger partial charge in [-0.15, -0.1) is 0 Å². The molecule has 194 valence electrons. The number of hydrogen-bond acceptors (Lipinski definition) is 7. The van der Waals surface area contributed by atoms with E-state index in [0.717, 1.165) is 5.56 Å². The van der Waals surface area contributed by atoms with Crippen molar-refractivity contribution in [1.82, 2.24) is 0 Å². The molecule has 1 aromatic carbocycles. The van der Waals surface area contributed by atoms with E-state index in [-0.39, 0.29) is 12.2 Å².